The van der Waals surface area contributed by atoms with E-state index in [1.807, 2.05) is 24.3 Å². The molecular formula is C21H26N2O2. The van der Waals surface area contributed by atoms with Crippen molar-refractivity contribution < 1.29 is 9.59 Å². The molecule has 0 spiro atoms. The minimum Gasteiger partial charge on any atom is -0.355 e. The lowest BCUT2D eigenvalue weighted by Crippen LogP contribution is -2.24. The quantitative estimate of drug-likeness (QED) is 0.815. The fourth-order valence-corrected chi connectivity index (χ4v) is 2.63. The van der Waals surface area contributed by atoms with Gasteiger partial charge in [0.15, 0.2) is 0 Å². The summed E-state index contributed by atoms with van der Waals surface area (Å²) in [5.74, 6) is 0.507. The molecule has 2 rings (SSSR count). The first-order valence-electron chi connectivity index (χ1n) is 8.63. The second kappa shape index (κ2) is 9.02. The summed E-state index contributed by atoms with van der Waals surface area (Å²) in [5.41, 5.74) is 3.89. The predicted octanol–water partition coefficient (Wildman–Crippen LogP) is 3.10. The van der Waals surface area contributed by atoms with Crippen molar-refractivity contribution in [2.45, 2.75) is 33.2 Å². The summed E-state index contributed by atoms with van der Waals surface area (Å²) >= 11 is 0. The Kier molecular flexibility index (Phi) is 6.75. The topological polar surface area (TPSA) is 58.2 Å². The van der Waals surface area contributed by atoms with Crippen LogP contribution < -0.4 is 10.6 Å². The summed E-state index contributed by atoms with van der Waals surface area (Å²) in [5, 5.41) is 5.50. The zero-order valence-corrected chi connectivity index (χ0v) is 15.1. The highest BCUT2D eigenvalue weighted by Crippen LogP contribution is 2.10. The molecule has 132 valence electrons. The van der Waals surface area contributed by atoms with Gasteiger partial charge in [0.05, 0.1) is 6.42 Å². The molecule has 0 radical (unpaired) electrons. The number of amides is 2. The molecule has 0 aliphatic heterocycles. The van der Waals surface area contributed by atoms with Gasteiger partial charge in [-0.1, -0.05) is 50.2 Å². The standard InChI is InChI=1S/C21H26N2O2/c1-15(2)12-16-4-6-17(7-5-16)13-20(24)23-14-18-8-10-19(11-9-18)21(25)22-3/h4-11,15H,12-14H2,1-3H3,(H,22,25)(H,23,24). The fourth-order valence-electron chi connectivity index (χ4n) is 2.63. The van der Waals surface area contributed by atoms with Crippen LogP contribution in [0.5, 0.6) is 0 Å². The lowest BCUT2D eigenvalue weighted by Gasteiger charge is -2.08. The zero-order chi connectivity index (χ0) is 18.2. The Morgan fingerprint density at radius 3 is 2.00 bits per heavy atom. The van der Waals surface area contributed by atoms with Crippen molar-refractivity contribution in [3.05, 3.63) is 70.8 Å². The van der Waals surface area contributed by atoms with Crippen LogP contribution in [0.4, 0.5) is 0 Å². The van der Waals surface area contributed by atoms with Crippen LogP contribution in [0.2, 0.25) is 0 Å². The third-order valence-corrected chi connectivity index (χ3v) is 3.96. The van der Waals surface area contributed by atoms with Crippen LogP contribution in [-0.4, -0.2) is 18.9 Å². The van der Waals surface area contributed by atoms with Gasteiger partial charge in [0.1, 0.15) is 0 Å². The third-order valence-electron chi connectivity index (χ3n) is 3.96. The van der Waals surface area contributed by atoms with E-state index in [0.717, 1.165) is 17.5 Å². The average molecular weight is 338 g/mol. The highest BCUT2D eigenvalue weighted by molar-refractivity contribution is 5.93. The minimum atomic E-state index is -0.114. The van der Waals surface area contributed by atoms with Gasteiger partial charge in [0.2, 0.25) is 5.91 Å². The Bertz CT molecular complexity index is 704. The molecule has 25 heavy (non-hydrogen) atoms. The van der Waals surface area contributed by atoms with E-state index in [1.165, 1.54) is 5.56 Å². The second-order valence-electron chi connectivity index (χ2n) is 6.64. The van der Waals surface area contributed by atoms with Crippen LogP contribution >= 0.6 is 0 Å². The SMILES string of the molecule is CNC(=O)c1ccc(CNC(=O)Cc2ccc(CC(C)C)cc2)cc1. The summed E-state index contributed by atoms with van der Waals surface area (Å²) in [6, 6.07) is 15.5. The maximum atomic E-state index is 12.1. The van der Waals surface area contributed by atoms with E-state index in [-0.39, 0.29) is 11.8 Å². The Balaban J connectivity index is 1.83. The van der Waals surface area contributed by atoms with Crippen LogP contribution in [0.3, 0.4) is 0 Å². The maximum absolute atomic E-state index is 12.1. The van der Waals surface area contributed by atoms with Crippen molar-refractivity contribution in [2.24, 2.45) is 5.92 Å². The van der Waals surface area contributed by atoms with Gasteiger partial charge in [-0.3, -0.25) is 9.59 Å². The van der Waals surface area contributed by atoms with Gasteiger partial charge >= 0.3 is 0 Å². The van der Waals surface area contributed by atoms with Gasteiger partial charge in [0.25, 0.3) is 5.91 Å². The van der Waals surface area contributed by atoms with E-state index in [4.69, 9.17) is 0 Å². The van der Waals surface area contributed by atoms with Gasteiger partial charge < -0.3 is 10.6 Å². The predicted molar refractivity (Wildman–Crippen MR) is 100 cm³/mol. The smallest absolute Gasteiger partial charge is 0.251 e. The van der Waals surface area contributed by atoms with Gasteiger partial charge in [-0.05, 0) is 41.2 Å². The number of nitrogens with one attached hydrogen (secondary N) is 2. The molecule has 0 aromatic heterocycles. The van der Waals surface area contributed by atoms with Crippen LogP contribution in [-0.2, 0) is 24.2 Å². The Hall–Kier alpha value is -2.62. The summed E-state index contributed by atoms with van der Waals surface area (Å²) in [7, 11) is 1.60. The van der Waals surface area contributed by atoms with Gasteiger partial charge in [-0.2, -0.15) is 0 Å². The maximum Gasteiger partial charge on any atom is 0.251 e. The molecule has 0 aliphatic carbocycles. The Labute approximate surface area is 149 Å². The fraction of sp³-hybridized carbons (Fsp3) is 0.333. The summed E-state index contributed by atoms with van der Waals surface area (Å²) in [4.78, 5) is 23.6. The van der Waals surface area contributed by atoms with E-state index >= 15 is 0 Å². The van der Waals surface area contributed by atoms with Crippen LogP contribution in [0, 0.1) is 5.92 Å². The van der Waals surface area contributed by atoms with Gasteiger partial charge in [0, 0.05) is 19.2 Å². The van der Waals surface area contributed by atoms with Crippen molar-refractivity contribution >= 4 is 11.8 Å². The van der Waals surface area contributed by atoms with E-state index in [1.54, 1.807) is 19.2 Å². The van der Waals surface area contributed by atoms with Crippen LogP contribution in [0.25, 0.3) is 0 Å². The Morgan fingerprint density at radius 1 is 0.880 bits per heavy atom. The molecule has 0 atom stereocenters. The first-order chi connectivity index (χ1) is 12.0. The summed E-state index contributed by atoms with van der Waals surface area (Å²) in [6.07, 6.45) is 1.43. The molecule has 2 aromatic rings. The van der Waals surface area contributed by atoms with Crippen molar-refractivity contribution in [2.75, 3.05) is 7.05 Å². The first kappa shape index (κ1) is 18.7. The molecule has 4 heteroatoms. The zero-order valence-electron chi connectivity index (χ0n) is 15.1. The molecule has 2 aromatic carbocycles. The number of hydrogen-bond donors (Lipinski definition) is 2. The molecule has 0 saturated heterocycles. The lowest BCUT2D eigenvalue weighted by molar-refractivity contribution is -0.120. The number of benzene rings is 2. The summed E-state index contributed by atoms with van der Waals surface area (Å²) in [6.45, 7) is 4.85. The number of carbonyl (C=O) groups excluding carboxylic acids is 2. The van der Waals surface area contributed by atoms with Crippen molar-refractivity contribution in [1.82, 2.24) is 10.6 Å². The van der Waals surface area contributed by atoms with Crippen molar-refractivity contribution in [1.29, 1.82) is 0 Å². The van der Waals surface area contributed by atoms with Crippen molar-refractivity contribution in [3.8, 4) is 0 Å². The van der Waals surface area contributed by atoms with E-state index in [9.17, 15) is 9.59 Å². The largest absolute Gasteiger partial charge is 0.355 e. The molecular weight excluding hydrogens is 312 g/mol. The van der Waals surface area contributed by atoms with E-state index in [0.29, 0.717) is 24.4 Å². The highest BCUT2D eigenvalue weighted by atomic mass is 16.2. The Morgan fingerprint density at radius 2 is 1.44 bits per heavy atom. The molecule has 2 amide bonds. The van der Waals surface area contributed by atoms with Gasteiger partial charge in [-0.25, -0.2) is 0 Å². The molecule has 0 unspecified atom stereocenters. The average Bonchev–Trinajstić information content (AvgIpc) is 2.61. The molecule has 0 aliphatic rings. The number of hydrogen-bond acceptors (Lipinski definition) is 2. The second-order valence-corrected chi connectivity index (χ2v) is 6.64. The minimum absolute atomic E-state index is 0.00742. The van der Waals surface area contributed by atoms with Gasteiger partial charge in [-0.15, -0.1) is 0 Å². The lowest BCUT2D eigenvalue weighted by atomic mass is 10.0. The summed E-state index contributed by atoms with van der Waals surface area (Å²) < 4.78 is 0. The number of rotatable bonds is 7. The molecule has 2 N–H and O–H groups in total. The molecule has 0 fully saturated rings. The monoisotopic (exact) mass is 338 g/mol. The third kappa shape index (κ3) is 6.07. The normalized spacial score (nSPS) is 10.6. The van der Waals surface area contributed by atoms with E-state index in [2.05, 4.69) is 36.6 Å². The molecule has 0 heterocycles. The highest BCUT2D eigenvalue weighted by Gasteiger charge is 2.06. The van der Waals surface area contributed by atoms with Crippen molar-refractivity contribution in [3.63, 3.8) is 0 Å². The molecule has 0 saturated carbocycles. The molecule has 0 bridgehead atoms. The number of carbonyl (C=O) groups is 2. The van der Waals surface area contributed by atoms with E-state index < -0.39 is 0 Å². The molecule has 4 nitrogen and oxygen atoms in total. The van der Waals surface area contributed by atoms with Crippen LogP contribution in [0.1, 0.15) is 40.9 Å². The van der Waals surface area contributed by atoms with Crippen LogP contribution in [0.15, 0.2) is 48.5 Å². The first-order valence-corrected chi connectivity index (χ1v) is 8.63.